The Labute approximate surface area is 56.0 Å². The van der Waals surface area contributed by atoms with Crippen LogP contribution < -0.4 is 16.4 Å². The first-order valence-electron chi connectivity index (χ1n) is 3.57. The van der Waals surface area contributed by atoms with Gasteiger partial charge in [-0.25, -0.2) is 0 Å². The van der Waals surface area contributed by atoms with Gasteiger partial charge in [0.15, 0.2) is 0 Å². The lowest BCUT2D eigenvalue weighted by molar-refractivity contribution is 0.403. The summed E-state index contributed by atoms with van der Waals surface area (Å²) in [6, 6.07) is 0.615. The quantitative estimate of drug-likeness (QED) is 0.443. The van der Waals surface area contributed by atoms with Gasteiger partial charge in [0, 0.05) is 25.7 Å². The van der Waals surface area contributed by atoms with Gasteiger partial charge in [-0.2, -0.15) is 0 Å². The first kappa shape index (κ1) is 6.99. The number of nitrogens with one attached hydrogen (secondary N) is 2. The lowest BCUT2D eigenvalue weighted by atomic mass is 10.2. The van der Waals surface area contributed by atoms with Gasteiger partial charge in [0.2, 0.25) is 0 Å². The van der Waals surface area contributed by atoms with Crippen molar-refractivity contribution in [2.75, 3.05) is 26.2 Å². The third-order valence-corrected chi connectivity index (χ3v) is 1.64. The molecular formula is C6H15N3. The van der Waals surface area contributed by atoms with Crippen LogP contribution in [0.2, 0.25) is 0 Å². The van der Waals surface area contributed by atoms with Crippen LogP contribution in [0.3, 0.4) is 0 Å². The summed E-state index contributed by atoms with van der Waals surface area (Å²) in [5.41, 5.74) is 5.39. The number of hydrogen-bond acceptors (Lipinski definition) is 3. The number of nitrogens with two attached hydrogens (primary N) is 1. The largest absolute Gasteiger partial charge is 0.330 e. The number of hydrogen-bond donors (Lipinski definition) is 3. The minimum Gasteiger partial charge on any atom is -0.330 e. The fourth-order valence-electron chi connectivity index (χ4n) is 1.12. The molecule has 0 amide bonds. The molecule has 54 valence electrons. The molecule has 0 aromatic carbocycles. The van der Waals surface area contributed by atoms with E-state index in [0.29, 0.717) is 6.04 Å². The van der Waals surface area contributed by atoms with Crippen LogP contribution in [0.5, 0.6) is 0 Å². The molecule has 0 aromatic heterocycles. The molecule has 1 atom stereocenters. The molecule has 3 nitrogen and oxygen atoms in total. The molecular weight excluding hydrogens is 114 g/mol. The topological polar surface area (TPSA) is 50.1 Å². The normalized spacial score (nSPS) is 28.3. The molecule has 1 heterocycles. The van der Waals surface area contributed by atoms with Crippen LogP contribution in [-0.4, -0.2) is 32.2 Å². The van der Waals surface area contributed by atoms with Crippen molar-refractivity contribution in [1.29, 1.82) is 0 Å². The molecule has 0 aliphatic carbocycles. The first-order chi connectivity index (χ1) is 4.43. The SMILES string of the molecule is NCC[C@@H]1CNCCN1. The molecule has 0 unspecified atom stereocenters. The Morgan fingerprint density at radius 1 is 1.44 bits per heavy atom. The first-order valence-corrected chi connectivity index (χ1v) is 3.57. The standard InChI is InChI=1S/C6H15N3/c7-2-1-6-5-8-3-4-9-6/h6,8-9H,1-5,7H2/t6-/m1/s1. The zero-order valence-corrected chi connectivity index (χ0v) is 5.69. The van der Waals surface area contributed by atoms with Gasteiger partial charge < -0.3 is 16.4 Å². The van der Waals surface area contributed by atoms with Crippen LogP contribution in [0.25, 0.3) is 0 Å². The summed E-state index contributed by atoms with van der Waals surface area (Å²) in [5.74, 6) is 0. The Morgan fingerprint density at radius 2 is 2.33 bits per heavy atom. The van der Waals surface area contributed by atoms with Crippen LogP contribution >= 0.6 is 0 Å². The Hall–Kier alpha value is -0.120. The average Bonchev–Trinajstić information content (AvgIpc) is 1.91. The van der Waals surface area contributed by atoms with Gasteiger partial charge in [-0.15, -0.1) is 0 Å². The van der Waals surface area contributed by atoms with Gasteiger partial charge in [0.1, 0.15) is 0 Å². The van der Waals surface area contributed by atoms with Gasteiger partial charge >= 0.3 is 0 Å². The van der Waals surface area contributed by atoms with Crippen molar-refractivity contribution in [3.8, 4) is 0 Å². The highest BCUT2D eigenvalue weighted by Gasteiger charge is 2.09. The summed E-state index contributed by atoms with van der Waals surface area (Å²) >= 11 is 0. The summed E-state index contributed by atoms with van der Waals surface area (Å²) in [6.45, 7) is 4.06. The van der Waals surface area contributed by atoms with E-state index in [1.807, 2.05) is 0 Å². The summed E-state index contributed by atoms with van der Waals surface area (Å²) in [6.07, 6.45) is 1.09. The number of rotatable bonds is 2. The fourth-order valence-corrected chi connectivity index (χ4v) is 1.12. The van der Waals surface area contributed by atoms with E-state index in [2.05, 4.69) is 10.6 Å². The van der Waals surface area contributed by atoms with Crippen LogP contribution in [-0.2, 0) is 0 Å². The lowest BCUT2D eigenvalue weighted by Crippen LogP contribution is -2.48. The maximum absolute atomic E-state index is 5.39. The Balaban J connectivity index is 2.08. The van der Waals surface area contributed by atoms with E-state index in [1.165, 1.54) is 0 Å². The van der Waals surface area contributed by atoms with Gasteiger partial charge in [0.05, 0.1) is 0 Å². The van der Waals surface area contributed by atoms with E-state index < -0.39 is 0 Å². The monoisotopic (exact) mass is 129 g/mol. The van der Waals surface area contributed by atoms with E-state index in [9.17, 15) is 0 Å². The number of piperazine rings is 1. The molecule has 0 radical (unpaired) electrons. The van der Waals surface area contributed by atoms with E-state index in [-0.39, 0.29) is 0 Å². The van der Waals surface area contributed by atoms with E-state index in [1.54, 1.807) is 0 Å². The van der Waals surface area contributed by atoms with E-state index in [0.717, 1.165) is 32.6 Å². The van der Waals surface area contributed by atoms with Crippen LogP contribution in [0.15, 0.2) is 0 Å². The summed E-state index contributed by atoms with van der Waals surface area (Å²) in [4.78, 5) is 0. The second-order valence-corrected chi connectivity index (χ2v) is 2.43. The molecule has 0 aromatic rings. The van der Waals surface area contributed by atoms with E-state index >= 15 is 0 Å². The molecule has 0 spiro atoms. The molecule has 9 heavy (non-hydrogen) atoms. The molecule has 4 N–H and O–H groups in total. The highest BCUT2D eigenvalue weighted by atomic mass is 15.1. The Bertz CT molecular complexity index is 65.9. The van der Waals surface area contributed by atoms with Gasteiger partial charge in [-0.05, 0) is 13.0 Å². The molecule has 3 heteroatoms. The van der Waals surface area contributed by atoms with Gasteiger partial charge in [0.25, 0.3) is 0 Å². The molecule has 1 rings (SSSR count). The summed E-state index contributed by atoms with van der Waals surface area (Å²) in [5, 5.41) is 6.68. The molecule has 1 aliphatic rings. The average molecular weight is 129 g/mol. The zero-order valence-electron chi connectivity index (χ0n) is 5.69. The predicted molar refractivity (Wildman–Crippen MR) is 38.3 cm³/mol. The van der Waals surface area contributed by atoms with Crippen molar-refractivity contribution < 1.29 is 0 Å². The third-order valence-electron chi connectivity index (χ3n) is 1.64. The summed E-state index contributed by atoms with van der Waals surface area (Å²) < 4.78 is 0. The Morgan fingerprint density at radius 3 is 2.89 bits per heavy atom. The van der Waals surface area contributed by atoms with Crippen LogP contribution in [0.1, 0.15) is 6.42 Å². The molecule has 0 saturated carbocycles. The Kier molecular flexibility index (Phi) is 2.97. The third kappa shape index (κ3) is 2.30. The zero-order chi connectivity index (χ0) is 6.53. The molecule has 1 saturated heterocycles. The van der Waals surface area contributed by atoms with E-state index in [4.69, 9.17) is 5.73 Å². The molecule has 0 bridgehead atoms. The minimum atomic E-state index is 0.615. The van der Waals surface area contributed by atoms with Crippen molar-refractivity contribution in [3.05, 3.63) is 0 Å². The van der Waals surface area contributed by atoms with Crippen molar-refractivity contribution >= 4 is 0 Å². The smallest absolute Gasteiger partial charge is 0.0205 e. The maximum Gasteiger partial charge on any atom is 0.0205 e. The van der Waals surface area contributed by atoms with Gasteiger partial charge in [-0.1, -0.05) is 0 Å². The van der Waals surface area contributed by atoms with Crippen LogP contribution in [0, 0.1) is 0 Å². The van der Waals surface area contributed by atoms with Crippen molar-refractivity contribution in [3.63, 3.8) is 0 Å². The highest BCUT2D eigenvalue weighted by molar-refractivity contribution is 4.74. The second-order valence-electron chi connectivity index (χ2n) is 2.43. The lowest BCUT2D eigenvalue weighted by Gasteiger charge is -2.23. The molecule has 1 aliphatic heterocycles. The van der Waals surface area contributed by atoms with Crippen LogP contribution in [0.4, 0.5) is 0 Å². The predicted octanol–water partition coefficient (Wildman–Crippen LogP) is -1.10. The fraction of sp³-hybridized carbons (Fsp3) is 1.00. The van der Waals surface area contributed by atoms with Crippen molar-refractivity contribution in [2.45, 2.75) is 12.5 Å². The summed E-state index contributed by atoms with van der Waals surface area (Å²) in [7, 11) is 0. The maximum atomic E-state index is 5.39. The molecule has 1 fully saturated rings. The minimum absolute atomic E-state index is 0.615. The van der Waals surface area contributed by atoms with Crippen molar-refractivity contribution in [2.24, 2.45) is 5.73 Å². The second kappa shape index (κ2) is 3.82. The van der Waals surface area contributed by atoms with Crippen molar-refractivity contribution in [1.82, 2.24) is 10.6 Å². The van der Waals surface area contributed by atoms with Gasteiger partial charge in [-0.3, -0.25) is 0 Å². The highest BCUT2D eigenvalue weighted by Crippen LogP contribution is 1.90.